The molecule has 1 aromatic carbocycles. The summed E-state index contributed by atoms with van der Waals surface area (Å²) in [5, 5.41) is 0. The van der Waals surface area contributed by atoms with Crippen molar-refractivity contribution in [1.29, 1.82) is 0 Å². The molecule has 0 aromatic heterocycles. The molecule has 0 bridgehead atoms. The molecule has 18 heavy (non-hydrogen) atoms. The second kappa shape index (κ2) is 5.34. The third-order valence-electron chi connectivity index (χ3n) is 2.08. The van der Waals surface area contributed by atoms with Crippen LogP contribution in [-0.4, -0.2) is 13.8 Å². The molecule has 102 valence electrons. The second-order valence-corrected chi connectivity index (χ2v) is 5.44. The Hall–Kier alpha value is -0.980. The molecular formula is C9H8F5O3P. The molecule has 1 atom stereocenters. The molecule has 0 spiro atoms. The molecule has 0 N–H and O–H groups in total. The van der Waals surface area contributed by atoms with E-state index in [1.54, 1.807) is 0 Å². The Morgan fingerprint density at radius 3 is 1.72 bits per heavy atom. The first-order chi connectivity index (χ1) is 8.21. The van der Waals surface area contributed by atoms with Crippen molar-refractivity contribution in [2.45, 2.75) is 6.61 Å². The molecule has 3 nitrogen and oxygen atoms in total. The topological polar surface area (TPSA) is 35.5 Å². The van der Waals surface area contributed by atoms with E-state index in [1.165, 1.54) is 0 Å². The molecule has 1 rings (SSSR count). The summed E-state index contributed by atoms with van der Waals surface area (Å²) in [6.45, 7) is -0.0769. The Kier molecular flexibility index (Phi) is 4.47. The Labute approximate surface area is 99.0 Å². The van der Waals surface area contributed by atoms with Crippen LogP contribution in [0.15, 0.2) is 0 Å². The van der Waals surface area contributed by atoms with Gasteiger partial charge >= 0.3 is 7.60 Å². The van der Waals surface area contributed by atoms with Crippen LogP contribution in [-0.2, 0) is 20.2 Å². The van der Waals surface area contributed by atoms with Gasteiger partial charge in [0.15, 0.2) is 23.3 Å². The smallest absolute Gasteiger partial charge is 0.312 e. The van der Waals surface area contributed by atoms with Crippen LogP contribution in [0.4, 0.5) is 22.0 Å². The van der Waals surface area contributed by atoms with Gasteiger partial charge in [-0.3, -0.25) is 4.57 Å². The third-order valence-corrected chi connectivity index (χ3v) is 3.34. The predicted octanol–water partition coefficient (Wildman–Crippen LogP) is 3.37. The van der Waals surface area contributed by atoms with Crippen LogP contribution in [0.2, 0.25) is 0 Å². The van der Waals surface area contributed by atoms with E-state index in [9.17, 15) is 26.5 Å². The van der Waals surface area contributed by atoms with E-state index in [4.69, 9.17) is 0 Å². The summed E-state index contributed by atoms with van der Waals surface area (Å²) in [6.07, 6.45) is 0. The van der Waals surface area contributed by atoms with Crippen molar-refractivity contribution in [2.75, 3.05) is 13.8 Å². The fraction of sp³-hybridized carbons (Fsp3) is 0.333. The molecule has 0 radical (unpaired) electrons. The lowest BCUT2D eigenvalue weighted by atomic mass is 10.2. The molecule has 0 amide bonds. The standard InChI is InChI=1S/C9H8F5O3P/c1-16-18(2,15)17-3-4-5(10)7(12)9(14)8(13)6(4)11/h3H2,1-2H3. The molecule has 0 fully saturated rings. The van der Waals surface area contributed by atoms with Crippen molar-refractivity contribution in [3.8, 4) is 0 Å². The van der Waals surface area contributed by atoms with Gasteiger partial charge in [-0.2, -0.15) is 0 Å². The maximum absolute atomic E-state index is 13.2. The minimum Gasteiger partial charge on any atom is -0.312 e. The third kappa shape index (κ3) is 2.88. The van der Waals surface area contributed by atoms with Crippen molar-refractivity contribution >= 4 is 7.60 Å². The minimum atomic E-state index is -3.59. The molecule has 9 heteroatoms. The average Bonchev–Trinajstić information content (AvgIpc) is 2.34. The first kappa shape index (κ1) is 15.1. The van der Waals surface area contributed by atoms with Gasteiger partial charge in [0.25, 0.3) is 0 Å². The van der Waals surface area contributed by atoms with E-state index in [1.807, 2.05) is 0 Å². The Morgan fingerprint density at radius 1 is 0.944 bits per heavy atom. The lowest BCUT2D eigenvalue weighted by Crippen LogP contribution is -2.08. The van der Waals surface area contributed by atoms with Crippen molar-refractivity contribution in [1.82, 2.24) is 0 Å². The molecule has 0 aliphatic heterocycles. The number of hydrogen-bond acceptors (Lipinski definition) is 3. The maximum atomic E-state index is 13.2. The van der Waals surface area contributed by atoms with Gasteiger partial charge in [-0.25, -0.2) is 22.0 Å². The zero-order valence-electron chi connectivity index (χ0n) is 9.27. The quantitative estimate of drug-likeness (QED) is 0.369. The maximum Gasteiger partial charge on any atom is 0.327 e. The summed E-state index contributed by atoms with van der Waals surface area (Å²) in [5.41, 5.74) is -1.20. The fourth-order valence-electron chi connectivity index (χ4n) is 1.01. The van der Waals surface area contributed by atoms with Crippen LogP contribution in [0, 0.1) is 29.1 Å². The van der Waals surface area contributed by atoms with Crippen molar-refractivity contribution in [3.63, 3.8) is 0 Å². The van der Waals surface area contributed by atoms with Crippen LogP contribution >= 0.6 is 7.60 Å². The van der Waals surface area contributed by atoms with Crippen LogP contribution in [0.1, 0.15) is 5.56 Å². The van der Waals surface area contributed by atoms with Gasteiger partial charge in [0.2, 0.25) is 5.82 Å². The second-order valence-electron chi connectivity index (χ2n) is 3.28. The highest BCUT2D eigenvalue weighted by molar-refractivity contribution is 7.52. The highest BCUT2D eigenvalue weighted by atomic mass is 31.2. The zero-order chi connectivity index (χ0) is 14.1. The van der Waals surface area contributed by atoms with Gasteiger partial charge in [-0.15, -0.1) is 0 Å². The van der Waals surface area contributed by atoms with Crippen LogP contribution in [0.5, 0.6) is 0 Å². The summed E-state index contributed by atoms with van der Waals surface area (Å²) in [5.74, 6) is -10.5. The summed E-state index contributed by atoms with van der Waals surface area (Å²) in [6, 6.07) is 0. The monoisotopic (exact) mass is 290 g/mol. The van der Waals surface area contributed by atoms with E-state index >= 15 is 0 Å². The fourth-order valence-corrected chi connectivity index (χ4v) is 1.48. The van der Waals surface area contributed by atoms with Gasteiger partial charge in [0.1, 0.15) is 0 Å². The molecule has 0 saturated carbocycles. The van der Waals surface area contributed by atoms with E-state index in [-0.39, 0.29) is 0 Å². The Bertz CT molecular complexity index is 490. The molecule has 0 aliphatic rings. The van der Waals surface area contributed by atoms with Crippen molar-refractivity contribution < 1.29 is 35.6 Å². The highest BCUT2D eigenvalue weighted by Gasteiger charge is 2.27. The number of halogens is 5. The van der Waals surface area contributed by atoms with E-state index in [0.717, 1.165) is 13.8 Å². The van der Waals surface area contributed by atoms with Gasteiger partial charge < -0.3 is 9.05 Å². The van der Waals surface area contributed by atoms with Crippen LogP contribution in [0.3, 0.4) is 0 Å². The molecule has 0 saturated heterocycles. The summed E-state index contributed by atoms with van der Waals surface area (Å²) < 4.78 is 84.7. The van der Waals surface area contributed by atoms with Crippen LogP contribution < -0.4 is 0 Å². The van der Waals surface area contributed by atoms with E-state index in [2.05, 4.69) is 9.05 Å². The van der Waals surface area contributed by atoms with Crippen LogP contribution in [0.25, 0.3) is 0 Å². The molecule has 0 aliphatic carbocycles. The normalized spacial score (nSPS) is 14.6. The van der Waals surface area contributed by atoms with Gasteiger partial charge in [0.05, 0.1) is 12.2 Å². The summed E-state index contributed by atoms with van der Waals surface area (Å²) >= 11 is 0. The lowest BCUT2D eigenvalue weighted by Gasteiger charge is -2.13. The molecule has 1 unspecified atom stereocenters. The Balaban J connectivity index is 3.15. The zero-order valence-corrected chi connectivity index (χ0v) is 10.2. The summed E-state index contributed by atoms with van der Waals surface area (Å²) in [4.78, 5) is 0. The number of rotatable bonds is 4. The number of benzene rings is 1. The van der Waals surface area contributed by atoms with Gasteiger partial charge in [-0.05, 0) is 0 Å². The number of hydrogen-bond donors (Lipinski definition) is 0. The van der Waals surface area contributed by atoms with Crippen molar-refractivity contribution in [2.24, 2.45) is 0 Å². The highest BCUT2D eigenvalue weighted by Crippen LogP contribution is 2.44. The van der Waals surface area contributed by atoms with Crippen molar-refractivity contribution in [3.05, 3.63) is 34.6 Å². The SMILES string of the molecule is COP(C)(=O)OCc1c(F)c(F)c(F)c(F)c1F. The predicted molar refractivity (Wildman–Crippen MR) is 51.6 cm³/mol. The van der Waals surface area contributed by atoms with Gasteiger partial charge in [-0.1, -0.05) is 0 Å². The lowest BCUT2D eigenvalue weighted by molar-refractivity contribution is 0.221. The molecule has 1 aromatic rings. The minimum absolute atomic E-state index is 0.985. The first-order valence-corrected chi connectivity index (χ1v) is 6.48. The van der Waals surface area contributed by atoms with E-state index in [0.29, 0.717) is 0 Å². The molecule has 0 heterocycles. The molecular weight excluding hydrogens is 282 g/mol. The Morgan fingerprint density at radius 2 is 1.33 bits per heavy atom. The first-order valence-electron chi connectivity index (χ1n) is 4.49. The van der Waals surface area contributed by atoms with Gasteiger partial charge in [0, 0.05) is 13.8 Å². The average molecular weight is 290 g/mol. The summed E-state index contributed by atoms with van der Waals surface area (Å²) in [7, 11) is -2.58. The van der Waals surface area contributed by atoms with E-state index < -0.39 is 48.9 Å². The largest absolute Gasteiger partial charge is 0.327 e.